The minimum Gasteiger partial charge on any atom is -0.380 e. The number of aryl methyl sites for hydroxylation is 1. The van der Waals surface area contributed by atoms with E-state index in [2.05, 4.69) is 0 Å². The number of methoxy groups -OCH3 is 1. The molecule has 1 amide bonds. The van der Waals surface area contributed by atoms with Gasteiger partial charge in [-0.25, -0.2) is 0 Å². The SMILES string of the molecule is COC(CN)CC(=O)N(C)Cc1ccc(C)cc1. The topological polar surface area (TPSA) is 55.6 Å². The Bertz CT molecular complexity index is 372. The van der Waals surface area contributed by atoms with Crippen molar-refractivity contribution in [3.05, 3.63) is 35.4 Å². The average Bonchev–Trinajstić information content (AvgIpc) is 2.38. The molecular weight excluding hydrogens is 228 g/mol. The van der Waals surface area contributed by atoms with Crippen molar-refractivity contribution in [1.82, 2.24) is 4.90 Å². The summed E-state index contributed by atoms with van der Waals surface area (Å²) >= 11 is 0. The van der Waals surface area contributed by atoms with Crippen LogP contribution in [0.15, 0.2) is 24.3 Å². The van der Waals surface area contributed by atoms with Gasteiger partial charge in [0.2, 0.25) is 5.91 Å². The lowest BCUT2D eigenvalue weighted by Crippen LogP contribution is -2.33. The van der Waals surface area contributed by atoms with Gasteiger partial charge in [-0.15, -0.1) is 0 Å². The quantitative estimate of drug-likeness (QED) is 0.828. The van der Waals surface area contributed by atoms with Crippen LogP contribution in [0.2, 0.25) is 0 Å². The molecule has 0 radical (unpaired) electrons. The molecule has 4 nitrogen and oxygen atoms in total. The van der Waals surface area contributed by atoms with Gasteiger partial charge in [-0.05, 0) is 12.5 Å². The molecule has 0 fully saturated rings. The standard InChI is InChI=1S/C14H22N2O2/c1-11-4-6-12(7-5-11)10-16(2)14(17)8-13(9-15)18-3/h4-7,13H,8-10,15H2,1-3H3. The number of nitrogens with zero attached hydrogens (tertiary/aromatic N) is 1. The second kappa shape index (κ2) is 7.13. The Kier molecular flexibility index (Phi) is 5.82. The maximum Gasteiger partial charge on any atom is 0.225 e. The number of benzene rings is 1. The van der Waals surface area contributed by atoms with Crippen molar-refractivity contribution in [2.24, 2.45) is 5.73 Å². The molecule has 0 aliphatic carbocycles. The highest BCUT2D eigenvalue weighted by atomic mass is 16.5. The maximum absolute atomic E-state index is 11.9. The zero-order valence-corrected chi connectivity index (χ0v) is 11.3. The van der Waals surface area contributed by atoms with Gasteiger partial charge in [-0.2, -0.15) is 0 Å². The number of carbonyl (C=O) groups is 1. The Morgan fingerprint density at radius 3 is 2.50 bits per heavy atom. The maximum atomic E-state index is 11.9. The fourth-order valence-corrected chi connectivity index (χ4v) is 1.67. The van der Waals surface area contributed by atoms with Crippen molar-refractivity contribution in [3.63, 3.8) is 0 Å². The first-order valence-electron chi connectivity index (χ1n) is 6.09. The molecule has 1 aromatic carbocycles. The van der Waals surface area contributed by atoms with E-state index in [1.165, 1.54) is 5.56 Å². The molecule has 0 saturated carbocycles. The van der Waals surface area contributed by atoms with Crippen LogP contribution < -0.4 is 5.73 Å². The Morgan fingerprint density at radius 2 is 2.00 bits per heavy atom. The van der Waals surface area contributed by atoms with Crippen LogP contribution in [0.25, 0.3) is 0 Å². The lowest BCUT2D eigenvalue weighted by Gasteiger charge is -2.20. The molecule has 2 N–H and O–H groups in total. The van der Waals surface area contributed by atoms with Crippen LogP contribution in [0.1, 0.15) is 17.5 Å². The van der Waals surface area contributed by atoms with Gasteiger partial charge in [0, 0.05) is 27.2 Å². The van der Waals surface area contributed by atoms with Crippen LogP contribution >= 0.6 is 0 Å². The van der Waals surface area contributed by atoms with E-state index in [0.29, 0.717) is 19.5 Å². The zero-order valence-electron chi connectivity index (χ0n) is 11.3. The van der Waals surface area contributed by atoms with Gasteiger partial charge < -0.3 is 15.4 Å². The third-order valence-electron chi connectivity index (χ3n) is 2.96. The number of hydrogen-bond acceptors (Lipinski definition) is 3. The minimum atomic E-state index is -0.196. The van der Waals surface area contributed by atoms with Crippen molar-refractivity contribution in [1.29, 1.82) is 0 Å². The lowest BCUT2D eigenvalue weighted by molar-refractivity contribution is -0.132. The first kappa shape index (κ1) is 14.7. The molecule has 1 unspecified atom stereocenters. The van der Waals surface area contributed by atoms with Gasteiger partial charge in [-0.1, -0.05) is 29.8 Å². The third kappa shape index (κ3) is 4.47. The largest absolute Gasteiger partial charge is 0.380 e. The van der Waals surface area contributed by atoms with Gasteiger partial charge in [0.25, 0.3) is 0 Å². The summed E-state index contributed by atoms with van der Waals surface area (Å²) in [6.07, 6.45) is 0.132. The predicted molar refractivity (Wildman–Crippen MR) is 72.1 cm³/mol. The van der Waals surface area contributed by atoms with E-state index in [0.717, 1.165) is 5.56 Å². The van der Waals surface area contributed by atoms with Crippen LogP contribution in [-0.4, -0.2) is 37.6 Å². The van der Waals surface area contributed by atoms with Crippen molar-refractivity contribution in [3.8, 4) is 0 Å². The number of hydrogen-bond donors (Lipinski definition) is 1. The second-order valence-corrected chi connectivity index (χ2v) is 4.53. The molecule has 0 aliphatic rings. The molecule has 0 aliphatic heterocycles. The Balaban J connectivity index is 2.51. The highest BCUT2D eigenvalue weighted by Crippen LogP contribution is 2.08. The van der Waals surface area contributed by atoms with E-state index in [-0.39, 0.29) is 12.0 Å². The van der Waals surface area contributed by atoms with E-state index < -0.39 is 0 Å². The molecule has 0 saturated heterocycles. The molecule has 1 aromatic rings. The fraction of sp³-hybridized carbons (Fsp3) is 0.500. The van der Waals surface area contributed by atoms with Crippen molar-refractivity contribution < 1.29 is 9.53 Å². The van der Waals surface area contributed by atoms with E-state index in [1.54, 1.807) is 19.1 Å². The molecule has 18 heavy (non-hydrogen) atoms. The number of rotatable bonds is 6. The van der Waals surface area contributed by atoms with Gasteiger partial charge in [-0.3, -0.25) is 4.79 Å². The third-order valence-corrected chi connectivity index (χ3v) is 2.96. The van der Waals surface area contributed by atoms with Crippen LogP contribution in [0.5, 0.6) is 0 Å². The van der Waals surface area contributed by atoms with Crippen molar-refractivity contribution >= 4 is 5.91 Å². The lowest BCUT2D eigenvalue weighted by atomic mass is 10.1. The molecule has 0 bridgehead atoms. The summed E-state index contributed by atoms with van der Waals surface area (Å²) in [5.41, 5.74) is 7.85. The number of amides is 1. The summed E-state index contributed by atoms with van der Waals surface area (Å²) in [4.78, 5) is 13.6. The smallest absolute Gasteiger partial charge is 0.225 e. The van der Waals surface area contributed by atoms with Crippen LogP contribution in [0, 0.1) is 6.92 Å². The van der Waals surface area contributed by atoms with Gasteiger partial charge >= 0.3 is 0 Å². The Hall–Kier alpha value is -1.39. The van der Waals surface area contributed by atoms with E-state index in [4.69, 9.17) is 10.5 Å². The molecule has 100 valence electrons. The summed E-state index contributed by atoms with van der Waals surface area (Å²) < 4.78 is 5.11. The van der Waals surface area contributed by atoms with Gasteiger partial charge in [0.05, 0.1) is 12.5 Å². The van der Waals surface area contributed by atoms with E-state index >= 15 is 0 Å². The van der Waals surface area contributed by atoms with E-state index in [9.17, 15) is 4.79 Å². The average molecular weight is 250 g/mol. The van der Waals surface area contributed by atoms with Crippen LogP contribution in [0.4, 0.5) is 0 Å². The zero-order chi connectivity index (χ0) is 13.5. The molecular formula is C14H22N2O2. The summed E-state index contributed by atoms with van der Waals surface area (Å²) in [7, 11) is 3.37. The highest BCUT2D eigenvalue weighted by Gasteiger charge is 2.15. The monoisotopic (exact) mass is 250 g/mol. The van der Waals surface area contributed by atoms with E-state index in [1.807, 2.05) is 31.2 Å². The normalized spacial score (nSPS) is 12.2. The first-order chi connectivity index (χ1) is 8.56. The van der Waals surface area contributed by atoms with Crippen molar-refractivity contribution in [2.45, 2.75) is 26.0 Å². The van der Waals surface area contributed by atoms with Crippen LogP contribution in [0.3, 0.4) is 0 Å². The molecule has 0 heterocycles. The number of ether oxygens (including phenoxy) is 1. The fourth-order valence-electron chi connectivity index (χ4n) is 1.67. The van der Waals surface area contributed by atoms with Gasteiger partial charge in [0.15, 0.2) is 0 Å². The summed E-state index contributed by atoms with van der Waals surface area (Å²) in [5, 5.41) is 0. The Morgan fingerprint density at radius 1 is 1.39 bits per heavy atom. The van der Waals surface area contributed by atoms with Crippen molar-refractivity contribution in [2.75, 3.05) is 20.7 Å². The van der Waals surface area contributed by atoms with Crippen LogP contribution in [-0.2, 0) is 16.1 Å². The molecule has 4 heteroatoms. The highest BCUT2D eigenvalue weighted by molar-refractivity contribution is 5.76. The molecule has 0 spiro atoms. The first-order valence-corrected chi connectivity index (χ1v) is 6.09. The summed E-state index contributed by atoms with van der Waals surface area (Å²) in [5.74, 6) is 0.0490. The van der Waals surface area contributed by atoms with Gasteiger partial charge in [0.1, 0.15) is 0 Å². The molecule has 1 atom stereocenters. The minimum absolute atomic E-state index is 0.0490. The second-order valence-electron chi connectivity index (χ2n) is 4.53. The predicted octanol–water partition coefficient (Wildman–Crippen LogP) is 1.32. The summed E-state index contributed by atoms with van der Waals surface area (Å²) in [6.45, 7) is 3.02. The Labute approximate surface area is 109 Å². The molecule has 0 aromatic heterocycles. The number of carbonyl (C=O) groups excluding carboxylic acids is 1. The summed E-state index contributed by atoms with van der Waals surface area (Å²) in [6, 6.07) is 8.17. The molecule has 1 rings (SSSR count). The number of nitrogens with two attached hydrogens (primary N) is 1.